The summed E-state index contributed by atoms with van der Waals surface area (Å²) in [5.41, 5.74) is 0. The monoisotopic (exact) mass is 352 g/mol. The summed E-state index contributed by atoms with van der Waals surface area (Å²) in [7, 11) is 0. The van der Waals surface area contributed by atoms with Crippen molar-refractivity contribution in [2.45, 2.75) is 83.3 Å². The lowest BCUT2D eigenvalue weighted by molar-refractivity contribution is -0.121. The van der Waals surface area contributed by atoms with Crippen LogP contribution in [0.3, 0.4) is 0 Å². The Balaban J connectivity index is 1.55. The van der Waals surface area contributed by atoms with E-state index in [1.807, 2.05) is 0 Å². The van der Waals surface area contributed by atoms with Crippen LogP contribution in [0.1, 0.15) is 71.1 Å². The first kappa shape index (κ1) is 20.0. The van der Waals surface area contributed by atoms with Crippen LogP contribution < -0.4 is 16.0 Å². The van der Waals surface area contributed by atoms with Crippen LogP contribution in [0.4, 0.5) is 0 Å². The predicted molar refractivity (Wildman–Crippen MR) is 102 cm³/mol. The predicted octanol–water partition coefficient (Wildman–Crippen LogP) is 2.34. The number of ether oxygens (including phenoxy) is 1. The minimum absolute atomic E-state index is 0.160. The van der Waals surface area contributed by atoms with Crippen molar-refractivity contribution in [2.75, 3.05) is 26.2 Å². The van der Waals surface area contributed by atoms with E-state index in [2.05, 4.69) is 27.9 Å². The number of nitrogens with one attached hydrogen (secondary N) is 3. The Morgan fingerprint density at radius 1 is 1.08 bits per heavy atom. The molecule has 2 aliphatic carbocycles. The number of carbonyl (C=O) groups excluding carboxylic acids is 1. The summed E-state index contributed by atoms with van der Waals surface area (Å²) in [5.74, 6) is 0.974. The van der Waals surface area contributed by atoms with Crippen LogP contribution in [0.15, 0.2) is 4.99 Å². The van der Waals surface area contributed by atoms with Crippen LogP contribution in [-0.4, -0.2) is 50.3 Å². The fourth-order valence-electron chi connectivity index (χ4n) is 3.10. The number of hydrogen-bond acceptors (Lipinski definition) is 3. The van der Waals surface area contributed by atoms with Crippen LogP contribution in [-0.2, 0) is 9.53 Å². The number of guanidine groups is 1. The number of nitrogens with zero attached hydrogens (tertiary/aromatic N) is 1. The zero-order valence-electron chi connectivity index (χ0n) is 15.8. The lowest BCUT2D eigenvalue weighted by Crippen LogP contribution is -2.39. The molecule has 0 heterocycles. The molecule has 6 nitrogen and oxygen atoms in total. The second-order valence-corrected chi connectivity index (χ2v) is 7.12. The molecule has 0 aromatic carbocycles. The van der Waals surface area contributed by atoms with E-state index in [0.717, 1.165) is 44.9 Å². The Hall–Kier alpha value is -1.30. The number of carbonyl (C=O) groups is 1. The van der Waals surface area contributed by atoms with Gasteiger partial charge >= 0.3 is 0 Å². The molecule has 1 amide bonds. The molecule has 0 aromatic rings. The molecule has 0 bridgehead atoms. The molecule has 0 radical (unpaired) electrons. The Labute approximate surface area is 152 Å². The third-order valence-electron chi connectivity index (χ3n) is 4.67. The van der Waals surface area contributed by atoms with Crippen molar-refractivity contribution < 1.29 is 9.53 Å². The zero-order chi connectivity index (χ0) is 17.7. The maximum atomic E-state index is 11.6. The normalized spacial score (nSPS) is 19.3. The Morgan fingerprint density at radius 3 is 2.52 bits per heavy atom. The molecular formula is C19H36N4O2. The Bertz CT molecular complexity index is 402. The summed E-state index contributed by atoms with van der Waals surface area (Å²) < 4.78 is 5.99. The third-order valence-corrected chi connectivity index (χ3v) is 4.67. The van der Waals surface area contributed by atoms with E-state index in [0.29, 0.717) is 25.1 Å². The van der Waals surface area contributed by atoms with Gasteiger partial charge < -0.3 is 20.7 Å². The van der Waals surface area contributed by atoms with Gasteiger partial charge in [-0.05, 0) is 39.0 Å². The van der Waals surface area contributed by atoms with Gasteiger partial charge in [-0.1, -0.05) is 25.7 Å². The van der Waals surface area contributed by atoms with Crippen molar-refractivity contribution in [3.63, 3.8) is 0 Å². The average molecular weight is 353 g/mol. The highest BCUT2D eigenvalue weighted by Gasteiger charge is 2.22. The lowest BCUT2D eigenvalue weighted by atomic mass is 10.1. The van der Waals surface area contributed by atoms with E-state index in [4.69, 9.17) is 4.74 Å². The SMILES string of the molecule is CCNC(=NCCCC(=O)NC1CC1)NCCOC1CCCCCC1. The number of hydrogen-bond donors (Lipinski definition) is 3. The molecule has 2 saturated carbocycles. The number of rotatable bonds is 10. The minimum atomic E-state index is 0.160. The van der Waals surface area contributed by atoms with Gasteiger partial charge in [0.2, 0.25) is 5.91 Å². The maximum Gasteiger partial charge on any atom is 0.220 e. The molecule has 3 N–H and O–H groups in total. The van der Waals surface area contributed by atoms with Crippen molar-refractivity contribution in [1.29, 1.82) is 0 Å². The van der Waals surface area contributed by atoms with Crippen molar-refractivity contribution in [1.82, 2.24) is 16.0 Å². The fourth-order valence-corrected chi connectivity index (χ4v) is 3.10. The fraction of sp³-hybridized carbons (Fsp3) is 0.895. The number of amides is 1. The van der Waals surface area contributed by atoms with E-state index in [-0.39, 0.29) is 5.91 Å². The molecule has 0 saturated heterocycles. The Morgan fingerprint density at radius 2 is 1.84 bits per heavy atom. The van der Waals surface area contributed by atoms with Crippen LogP contribution in [0.2, 0.25) is 0 Å². The molecule has 25 heavy (non-hydrogen) atoms. The topological polar surface area (TPSA) is 74.8 Å². The van der Waals surface area contributed by atoms with E-state index < -0.39 is 0 Å². The second kappa shape index (κ2) is 12.1. The summed E-state index contributed by atoms with van der Waals surface area (Å²) in [6.07, 6.45) is 11.8. The van der Waals surface area contributed by atoms with Gasteiger partial charge in [0.25, 0.3) is 0 Å². The standard InChI is InChI=1S/C19H36N4O2/c1-2-20-19(21-13-7-10-18(24)23-16-11-12-16)22-14-15-25-17-8-5-3-4-6-9-17/h16-17H,2-15H2,1H3,(H,23,24)(H2,20,21,22). The summed E-state index contributed by atoms with van der Waals surface area (Å²) in [6, 6.07) is 0.448. The molecular weight excluding hydrogens is 316 g/mol. The molecule has 0 atom stereocenters. The van der Waals surface area contributed by atoms with Gasteiger partial charge in [0.05, 0.1) is 12.7 Å². The molecule has 144 valence electrons. The lowest BCUT2D eigenvalue weighted by Gasteiger charge is -2.16. The van der Waals surface area contributed by atoms with Crippen LogP contribution in [0.25, 0.3) is 0 Å². The van der Waals surface area contributed by atoms with Crippen LogP contribution in [0, 0.1) is 0 Å². The van der Waals surface area contributed by atoms with E-state index in [9.17, 15) is 4.79 Å². The first-order chi connectivity index (χ1) is 12.3. The van der Waals surface area contributed by atoms with Gasteiger partial charge in [0.15, 0.2) is 5.96 Å². The van der Waals surface area contributed by atoms with Crippen molar-refractivity contribution in [2.24, 2.45) is 4.99 Å². The molecule has 0 spiro atoms. The van der Waals surface area contributed by atoms with E-state index >= 15 is 0 Å². The van der Waals surface area contributed by atoms with Crippen molar-refractivity contribution in [3.8, 4) is 0 Å². The highest BCUT2D eigenvalue weighted by atomic mass is 16.5. The van der Waals surface area contributed by atoms with Crippen LogP contribution >= 0.6 is 0 Å². The van der Waals surface area contributed by atoms with Crippen LogP contribution in [0.5, 0.6) is 0 Å². The molecule has 0 unspecified atom stereocenters. The van der Waals surface area contributed by atoms with Gasteiger partial charge in [0, 0.05) is 32.1 Å². The first-order valence-electron chi connectivity index (χ1n) is 10.2. The summed E-state index contributed by atoms with van der Waals surface area (Å²) in [5, 5.41) is 9.57. The highest BCUT2D eigenvalue weighted by Crippen LogP contribution is 2.19. The highest BCUT2D eigenvalue weighted by molar-refractivity contribution is 5.80. The largest absolute Gasteiger partial charge is 0.376 e. The maximum absolute atomic E-state index is 11.6. The molecule has 2 fully saturated rings. The van der Waals surface area contributed by atoms with E-state index in [1.54, 1.807) is 0 Å². The van der Waals surface area contributed by atoms with Gasteiger partial charge in [-0.15, -0.1) is 0 Å². The smallest absolute Gasteiger partial charge is 0.220 e. The average Bonchev–Trinajstić information content (AvgIpc) is 3.43. The zero-order valence-corrected chi connectivity index (χ0v) is 15.8. The summed E-state index contributed by atoms with van der Waals surface area (Å²) in [4.78, 5) is 16.2. The first-order valence-corrected chi connectivity index (χ1v) is 10.2. The van der Waals surface area contributed by atoms with Gasteiger partial charge in [0.1, 0.15) is 0 Å². The van der Waals surface area contributed by atoms with Gasteiger partial charge in [-0.2, -0.15) is 0 Å². The summed E-state index contributed by atoms with van der Waals surface area (Å²) in [6.45, 7) is 5.04. The van der Waals surface area contributed by atoms with Gasteiger partial charge in [-0.25, -0.2) is 0 Å². The molecule has 0 aliphatic heterocycles. The minimum Gasteiger partial charge on any atom is -0.376 e. The Kier molecular flexibility index (Phi) is 9.70. The number of aliphatic imine (C=N–C) groups is 1. The summed E-state index contributed by atoms with van der Waals surface area (Å²) >= 11 is 0. The van der Waals surface area contributed by atoms with Gasteiger partial charge in [-0.3, -0.25) is 9.79 Å². The quantitative estimate of drug-likeness (QED) is 0.244. The van der Waals surface area contributed by atoms with E-state index in [1.165, 1.54) is 38.5 Å². The molecule has 6 heteroatoms. The van der Waals surface area contributed by atoms with Crippen molar-refractivity contribution >= 4 is 11.9 Å². The molecule has 2 rings (SSSR count). The third kappa shape index (κ3) is 9.68. The van der Waals surface area contributed by atoms with Crippen molar-refractivity contribution in [3.05, 3.63) is 0 Å². The molecule has 2 aliphatic rings. The second-order valence-electron chi connectivity index (χ2n) is 7.12. The molecule has 0 aromatic heterocycles.